The van der Waals surface area contributed by atoms with Crippen LogP contribution in [0.1, 0.15) is 50.1 Å². The largest absolute Gasteiger partial charge is 0.370 e. The molecule has 0 aromatic carbocycles. The van der Waals surface area contributed by atoms with Crippen molar-refractivity contribution in [3.8, 4) is 0 Å². The van der Waals surface area contributed by atoms with Crippen molar-refractivity contribution in [3.63, 3.8) is 0 Å². The molecule has 1 fully saturated rings. The molecular weight excluding hydrogens is 442 g/mol. The minimum atomic E-state index is -0.817. The van der Waals surface area contributed by atoms with Crippen LogP contribution in [0.5, 0.6) is 0 Å². The van der Waals surface area contributed by atoms with Crippen molar-refractivity contribution in [2.75, 3.05) is 13.1 Å². The van der Waals surface area contributed by atoms with Gasteiger partial charge in [0.15, 0.2) is 0 Å². The molecule has 4 N–H and O–H groups in total. The Morgan fingerprint density at radius 2 is 2.06 bits per heavy atom. The van der Waals surface area contributed by atoms with Crippen LogP contribution < -0.4 is 16.4 Å². The second-order valence-corrected chi connectivity index (χ2v) is 8.97. The van der Waals surface area contributed by atoms with Gasteiger partial charge in [-0.15, -0.1) is 16.4 Å². The third-order valence-electron chi connectivity index (χ3n) is 4.87. The van der Waals surface area contributed by atoms with E-state index in [1.165, 1.54) is 16.2 Å². The molecular formula is C18H23N7O4S2. The lowest BCUT2D eigenvalue weighted by Crippen LogP contribution is -2.57. The smallest absolute Gasteiger partial charge is 0.274 e. The van der Waals surface area contributed by atoms with Gasteiger partial charge in [0.25, 0.3) is 11.8 Å². The maximum absolute atomic E-state index is 13.0. The Morgan fingerprint density at radius 3 is 2.68 bits per heavy atom. The predicted molar refractivity (Wildman–Crippen MR) is 114 cm³/mol. The fraction of sp³-hybridized carbons (Fsp3) is 0.500. The number of hydrogen-bond donors (Lipinski definition) is 3. The highest BCUT2D eigenvalue weighted by atomic mass is 32.1. The second kappa shape index (κ2) is 9.92. The molecule has 0 radical (unpaired) electrons. The molecule has 1 aliphatic rings. The highest BCUT2D eigenvalue weighted by Gasteiger charge is 2.38. The number of nitrogens with one attached hydrogen (secondary N) is 2. The van der Waals surface area contributed by atoms with Crippen molar-refractivity contribution in [3.05, 3.63) is 26.7 Å². The van der Waals surface area contributed by atoms with E-state index in [1.54, 1.807) is 19.2 Å². The van der Waals surface area contributed by atoms with E-state index < -0.39 is 17.9 Å². The first-order chi connectivity index (χ1) is 14.8. The van der Waals surface area contributed by atoms with E-state index in [-0.39, 0.29) is 49.5 Å². The molecule has 3 heterocycles. The van der Waals surface area contributed by atoms with Crippen LogP contribution in [0.4, 0.5) is 0 Å². The number of nitrogens with zero attached hydrogens (tertiary/aromatic N) is 4. The Morgan fingerprint density at radius 1 is 1.29 bits per heavy atom. The van der Waals surface area contributed by atoms with Crippen molar-refractivity contribution in [1.29, 1.82) is 0 Å². The van der Waals surface area contributed by atoms with Gasteiger partial charge in [-0.05, 0) is 38.2 Å². The van der Waals surface area contributed by atoms with Crippen LogP contribution in [0.15, 0.2) is 5.38 Å². The Hall–Kier alpha value is -2.93. The molecule has 2 atom stereocenters. The van der Waals surface area contributed by atoms with Crippen LogP contribution in [0.3, 0.4) is 0 Å². The Balaban J connectivity index is 1.73. The fourth-order valence-electron chi connectivity index (χ4n) is 3.31. The molecule has 0 aliphatic carbocycles. The summed E-state index contributed by atoms with van der Waals surface area (Å²) < 4.78 is 3.77. The molecule has 1 aliphatic heterocycles. The summed E-state index contributed by atoms with van der Waals surface area (Å²) >= 11 is 2.36. The number of amides is 4. The number of carbonyl (C=O) groups is 4. The standard InChI is InChI=1S/C18H23N7O4S2/c1-9-15(31-24-23-9)17(28)22-11-4-6-25(18(29)12-8-30-10(2)21-12)13(7-11)16(27)20-5-3-14(19)26/h8,11,13H,3-7H2,1-2H3,(H2,19,26)(H,20,27)(H,22,28). The van der Waals surface area contributed by atoms with Crippen molar-refractivity contribution in [1.82, 2.24) is 30.1 Å². The number of carbonyl (C=O) groups excluding carboxylic acids is 4. The SMILES string of the molecule is Cc1nc(C(=O)N2CCC(NC(=O)c3snnc3C)CC2C(=O)NCCC(N)=O)cs1. The van der Waals surface area contributed by atoms with E-state index in [0.29, 0.717) is 17.0 Å². The number of piperidine rings is 1. The lowest BCUT2D eigenvalue weighted by Gasteiger charge is -2.38. The summed E-state index contributed by atoms with van der Waals surface area (Å²) in [5.74, 6) is -1.59. The Kier molecular flexibility index (Phi) is 7.28. The maximum atomic E-state index is 13.0. The van der Waals surface area contributed by atoms with Crippen LogP contribution >= 0.6 is 22.9 Å². The van der Waals surface area contributed by atoms with Crippen LogP contribution in [0, 0.1) is 13.8 Å². The molecule has 31 heavy (non-hydrogen) atoms. The number of thiazole rings is 1. The maximum Gasteiger partial charge on any atom is 0.274 e. The van der Waals surface area contributed by atoms with Gasteiger partial charge in [-0.3, -0.25) is 19.2 Å². The van der Waals surface area contributed by atoms with Gasteiger partial charge in [-0.25, -0.2) is 4.98 Å². The van der Waals surface area contributed by atoms with E-state index in [1.807, 2.05) is 0 Å². The number of hydrogen-bond acceptors (Lipinski definition) is 9. The van der Waals surface area contributed by atoms with Crippen LogP contribution in [-0.2, 0) is 9.59 Å². The molecule has 0 bridgehead atoms. The molecule has 3 rings (SSSR count). The summed E-state index contributed by atoms with van der Waals surface area (Å²) in [5.41, 5.74) is 5.95. The van der Waals surface area contributed by atoms with E-state index in [2.05, 4.69) is 25.2 Å². The third kappa shape index (κ3) is 5.61. The van der Waals surface area contributed by atoms with Crippen molar-refractivity contribution in [2.24, 2.45) is 5.73 Å². The van der Waals surface area contributed by atoms with Gasteiger partial charge in [0.1, 0.15) is 16.6 Å². The topological polar surface area (TPSA) is 160 Å². The highest BCUT2D eigenvalue weighted by Crippen LogP contribution is 2.22. The lowest BCUT2D eigenvalue weighted by molar-refractivity contribution is -0.127. The molecule has 2 aromatic heterocycles. The first-order valence-corrected chi connectivity index (χ1v) is 11.3. The number of nitrogens with two attached hydrogens (primary N) is 1. The molecule has 166 valence electrons. The summed E-state index contributed by atoms with van der Waals surface area (Å²) in [6.07, 6.45) is 0.709. The molecule has 2 unspecified atom stereocenters. The minimum absolute atomic E-state index is 0.00446. The summed E-state index contributed by atoms with van der Waals surface area (Å²) in [7, 11) is 0. The van der Waals surface area contributed by atoms with Gasteiger partial charge in [-0.2, -0.15) is 0 Å². The average Bonchev–Trinajstić information content (AvgIpc) is 3.35. The summed E-state index contributed by atoms with van der Waals surface area (Å²) in [5, 5.41) is 11.8. The van der Waals surface area contributed by atoms with Gasteiger partial charge in [0, 0.05) is 30.9 Å². The van der Waals surface area contributed by atoms with E-state index in [9.17, 15) is 19.2 Å². The summed E-state index contributed by atoms with van der Waals surface area (Å²) in [6.45, 7) is 3.84. The lowest BCUT2D eigenvalue weighted by atomic mass is 9.95. The van der Waals surface area contributed by atoms with E-state index >= 15 is 0 Å². The number of aromatic nitrogens is 3. The average molecular weight is 466 g/mol. The monoisotopic (exact) mass is 465 g/mol. The molecule has 11 nitrogen and oxygen atoms in total. The first-order valence-electron chi connectivity index (χ1n) is 9.65. The van der Waals surface area contributed by atoms with Gasteiger partial charge in [-0.1, -0.05) is 4.49 Å². The second-order valence-electron chi connectivity index (χ2n) is 7.16. The molecule has 2 aromatic rings. The van der Waals surface area contributed by atoms with Crippen LogP contribution in [0.2, 0.25) is 0 Å². The normalized spacial score (nSPS) is 18.5. The zero-order valence-electron chi connectivity index (χ0n) is 17.1. The third-order valence-corrected chi connectivity index (χ3v) is 6.47. The zero-order chi connectivity index (χ0) is 22.5. The van der Waals surface area contributed by atoms with Gasteiger partial charge >= 0.3 is 0 Å². The number of likely N-dealkylation sites (tertiary alicyclic amines) is 1. The van der Waals surface area contributed by atoms with Crippen LogP contribution in [0.25, 0.3) is 0 Å². The molecule has 1 saturated heterocycles. The fourth-order valence-corrected chi connectivity index (χ4v) is 4.46. The number of rotatable bonds is 7. The van der Waals surface area contributed by atoms with Gasteiger partial charge < -0.3 is 21.3 Å². The zero-order valence-corrected chi connectivity index (χ0v) is 18.7. The van der Waals surface area contributed by atoms with Crippen molar-refractivity contribution < 1.29 is 19.2 Å². The highest BCUT2D eigenvalue weighted by molar-refractivity contribution is 7.09. The van der Waals surface area contributed by atoms with Gasteiger partial charge in [0.05, 0.1) is 10.7 Å². The molecule has 4 amide bonds. The van der Waals surface area contributed by atoms with Crippen molar-refractivity contribution >= 4 is 46.5 Å². The first kappa shape index (κ1) is 22.7. The molecule has 0 saturated carbocycles. The number of primary amides is 1. The Labute approximate surface area is 186 Å². The van der Waals surface area contributed by atoms with Crippen LogP contribution in [-0.4, -0.2) is 68.3 Å². The molecule has 13 heteroatoms. The van der Waals surface area contributed by atoms with Gasteiger partial charge in [0.2, 0.25) is 11.8 Å². The summed E-state index contributed by atoms with van der Waals surface area (Å²) in [4.78, 5) is 55.4. The minimum Gasteiger partial charge on any atom is -0.370 e. The summed E-state index contributed by atoms with van der Waals surface area (Å²) in [6, 6.07) is -1.13. The van der Waals surface area contributed by atoms with E-state index in [0.717, 1.165) is 16.5 Å². The number of aryl methyl sites for hydroxylation is 2. The van der Waals surface area contributed by atoms with Crippen molar-refractivity contribution in [2.45, 2.75) is 45.2 Å². The molecule has 0 spiro atoms. The van der Waals surface area contributed by atoms with E-state index in [4.69, 9.17) is 5.73 Å². The predicted octanol–water partition coefficient (Wildman–Crippen LogP) is 0.00624. The quantitative estimate of drug-likeness (QED) is 0.519. The Bertz CT molecular complexity index is 989.